The quantitative estimate of drug-likeness (QED) is 0.633. The molecule has 0 N–H and O–H groups in total. The molecule has 0 radical (unpaired) electrons. The van der Waals surface area contributed by atoms with Gasteiger partial charge in [-0.15, -0.1) is 0 Å². The molecule has 0 aliphatic heterocycles. The van der Waals surface area contributed by atoms with Gasteiger partial charge < -0.3 is 0 Å². The summed E-state index contributed by atoms with van der Waals surface area (Å²) >= 11 is 0. The molecule has 0 aliphatic carbocycles. The molecule has 17 heavy (non-hydrogen) atoms. The summed E-state index contributed by atoms with van der Waals surface area (Å²) < 4.78 is 3.17. The van der Waals surface area contributed by atoms with E-state index in [-0.39, 0.29) is 5.56 Å². The number of hydrogen-bond donors (Lipinski definition) is 0. The molecule has 4 heteroatoms. The zero-order valence-corrected chi connectivity index (χ0v) is 9.37. The Morgan fingerprint density at radius 1 is 1.12 bits per heavy atom. The van der Waals surface area contributed by atoms with Crippen LogP contribution in [-0.2, 0) is 0 Å². The van der Waals surface area contributed by atoms with Crippen molar-refractivity contribution in [3.63, 3.8) is 0 Å². The third kappa shape index (κ3) is 1.45. The molecule has 0 unspecified atom stereocenters. The van der Waals surface area contributed by atoms with Gasteiger partial charge in [0.05, 0.1) is 5.69 Å². The van der Waals surface area contributed by atoms with Crippen LogP contribution >= 0.6 is 0 Å². The summed E-state index contributed by atoms with van der Waals surface area (Å²) in [6.07, 6.45) is 3.34. The minimum atomic E-state index is -0.0475. The number of benzene rings is 1. The lowest BCUT2D eigenvalue weighted by molar-refractivity contribution is 0.825. The molecule has 0 atom stereocenters. The molecule has 4 nitrogen and oxygen atoms in total. The van der Waals surface area contributed by atoms with E-state index in [0.717, 1.165) is 11.3 Å². The average Bonchev–Trinajstić information content (AvgIpc) is 2.73. The smallest absolute Gasteiger partial charge is 0.266 e. The van der Waals surface area contributed by atoms with E-state index in [1.54, 1.807) is 21.6 Å². The zero-order valence-electron chi connectivity index (χ0n) is 9.37. The van der Waals surface area contributed by atoms with Crippen LogP contribution in [0.3, 0.4) is 0 Å². The first kappa shape index (κ1) is 9.84. The van der Waals surface area contributed by atoms with E-state index in [0.29, 0.717) is 5.52 Å². The second-order valence-electron chi connectivity index (χ2n) is 3.93. The van der Waals surface area contributed by atoms with E-state index >= 15 is 0 Å². The number of aromatic nitrogens is 3. The Hall–Kier alpha value is -2.36. The van der Waals surface area contributed by atoms with E-state index in [4.69, 9.17) is 0 Å². The van der Waals surface area contributed by atoms with Crippen molar-refractivity contribution in [2.75, 3.05) is 0 Å². The van der Waals surface area contributed by atoms with Gasteiger partial charge in [0.25, 0.3) is 5.56 Å². The number of fused-ring (bicyclic) bond motifs is 1. The Balaban J connectivity index is 2.36. The van der Waals surface area contributed by atoms with Crippen LogP contribution in [-0.4, -0.2) is 14.2 Å². The Kier molecular flexibility index (Phi) is 2.08. The molecule has 0 spiro atoms. The normalized spacial score (nSPS) is 10.9. The first-order chi connectivity index (χ1) is 8.27. The van der Waals surface area contributed by atoms with Crippen molar-refractivity contribution < 1.29 is 0 Å². The van der Waals surface area contributed by atoms with Crippen LogP contribution in [0.5, 0.6) is 0 Å². The van der Waals surface area contributed by atoms with Gasteiger partial charge in [-0.25, -0.2) is 4.52 Å². The number of rotatable bonds is 1. The third-order valence-corrected chi connectivity index (χ3v) is 2.82. The summed E-state index contributed by atoms with van der Waals surface area (Å²) in [6, 6.07) is 11.4. The summed E-state index contributed by atoms with van der Waals surface area (Å²) in [4.78, 5) is 12.3. The van der Waals surface area contributed by atoms with Gasteiger partial charge in [0, 0.05) is 6.20 Å². The van der Waals surface area contributed by atoms with Crippen LogP contribution in [0.1, 0.15) is 5.56 Å². The fourth-order valence-electron chi connectivity index (χ4n) is 1.93. The van der Waals surface area contributed by atoms with Gasteiger partial charge in [-0.1, -0.05) is 18.2 Å². The molecule has 2 heterocycles. The summed E-state index contributed by atoms with van der Waals surface area (Å²) in [6.45, 7) is 1.91. The van der Waals surface area contributed by atoms with Crippen LogP contribution in [0.15, 0.2) is 53.7 Å². The predicted octanol–water partition coefficient (Wildman–Crippen LogP) is 1.79. The summed E-state index contributed by atoms with van der Waals surface area (Å²) in [5, 5.41) is 4.22. The molecule has 0 aliphatic rings. The van der Waals surface area contributed by atoms with Gasteiger partial charge in [0.15, 0.2) is 0 Å². The second kappa shape index (κ2) is 3.59. The van der Waals surface area contributed by atoms with Crippen molar-refractivity contribution in [3.05, 3.63) is 64.8 Å². The maximum atomic E-state index is 12.3. The van der Waals surface area contributed by atoms with Gasteiger partial charge in [-0.2, -0.15) is 5.10 Å². The molecule has 3 rings (SSSR count). The van der Waals surface area contributed by atoms with Crippen LogP contribution in [0.25, 0.3) is 11.2 Å². The van der Waals surface area contributed by atoms with Gasteiger partial charge in [0.1, 0.15) is 11.8 Å². The van der Waals surface area contributed by atoms with Crippen molar-refractivity contribution in [2.24, 2.45) is 0 Å². The summed E-state index contributed by atoms with van der Waals surface area (Å²) in [5.74, 6) is 0. The second-order valence-corrected chi connectivity index (χ2v) is 3.93. The van der Waals surface area contributed by atoms with Crippen molar-refractivity contribution in [1.29, 1.82) is 0 Å². The van der Waals surface area contributed by atoms with Gasteiger partial charge in [-0.3, -0.25) is 9.36 Å². The standard InChI is InChI=1S/C13H11N3O/c1-10-7-8-16-12(10)13(17)15(9-14-16)11-5-3-2-4-6-11/h2-9H,1H3. The fraction of sp³-hybridized carbons (Fsp3) is 0.0769. The minimum Gasteiger partial charge on any atom is -0.266 e. The minimum absolute atomic E-state index is 0.0475. The SMILES string of the molecule is Cc1ccn2ncn(-c3ccccc3)c(=O)c12. The molecule has 3 aromatic rings. The van der Waals surface area contributed by atoms with E-state index < -0.39 is 0 Å². The monoisotopic (exact) mass is 225 g/mol. The maximum absolute atomic E-state index is 12.3. The highest BCUT2D eigenvalue weighted by Crippen LogP contribution is 2.07. The lowest BCUT2D eigenvalue weighted by Crippen LogP contribution is -2.21. The van der Waals surface area contributed by atoms with Crippen LogP contribution in [0, 0.1) is 6.92 Å². The highest BCUT2D eigenvalue weighted by molar-refractivity contribution is 5.53. The Bertz CT molecular complexity index is 725. The number of nitrogens with zero attached hydrogens (tertiary/aromatic N) is 3. The van der Waals surface area contributed by atoms with Gasteiger partial charge in [-0.05, 0) is 30.7 Å². The van der Waals surface area contributed by atoms with E-state index in [2.05, 4.69) is 5.10 Å². The topological polar surface area (TPSA) is 39.3 Å². The lowest BCUT2D eigenvalue weighted by Gasteiger charge is -2.05. The molecule has 0 bridgehead atoms. The average molecular weight is 225 g/mol. The number of aryl methyl sites for hydroxylation is 1. The highest BCUT2D eigenvalue weighted by Gasteiger charge is 2.07. The van der Waals surface area contributed by atoms with Crippen LogP contribution in [0.4, 0.5) is 0 Å². The maximum Gasteiger partial charge on any atom is 0.282 e. The zero-order chi connectivity index (χ0) is 11.8. The Morgan fingerprint density at radius 2 is 1.88 bits per heavy atom. The molecule has 84 valence electrons. The van der Waals surface area contributed by atoms with Crippen LogP contribution in [0.2, 0.25) is 0 Å². The number of para-hydroxylation sites is 1. The van der Waals surface area contributed by atoms with Gasteiger partial charge >= 0.3 is 0 Å². The summed E-state index contributed by atoms with van der Waals surface area (Å²) in [7, 11) is 0. The molecule has 2 aromatic heterocycles. The van der Waals surface area contributed by atoms with Crippen molar-refractivity contribution in [1.82, 2.24) is 14.2 Å². The predicted molar refractivity (Wildman–Crippen MR) is 65.5 cm³/mol. The van der Waals surface area contributed by atoms with Crippen molar-refractivity contribution in [2.45, 2.75) is 6.92 Å². The summed E-state index contributed by atoms with van der Waals surface area (Å²) in [5.41, 5.74) is 2.34. The number of hydrogen-bond acceptors (Lipinski definition) is 2. The molecule has 0 amide bonds. The van der Waals surface area contributed by atoms with Crippen LogP contribution < -0.4 is 5.56 Å². The Morgan fingerprint density at radius 3 is 2.65 bits per heavy atom. The van der Waals surface area contributed by atoms with E-state index in [9.17, 15) is 4.79 Å². The first-order valence-corrected chi connectivity index (χ1v) is 5.38. The van der Waals surface area contributed by atoms with Gasteiger partial charge in [0.2, 0.25) is 0 Å². The molecular formula is C13H11N3O. The molecule has 0 saturated carbocycles. The largest absolute Gasteiger partial charge is 0.282 e. The Labute approximate surface area is 97.8 Å². The molecular weight excluding hydrogens is 214 g/mol. The van der Waals surface area contributed by atoms with Crippen molar-refractivity contribution >= 4 is 5.52 Å². The van der Waals surface area contributed by atoms with E-state index in [1.807, 2.05) is 43.3 Å². The van der Waals surface area contributed by atoms with Crippen molar-refractivity contribution in [3.8, 4) is 5.69 Å². The molecule has 0 fully saturated rings. The third-order valence-electron chi connectivity index (χ3n) is 2.82. The molecule has 1 aromatic carbocycles. The molecule has 0 saturated heterocycles. The highest BCUT2D eigenvalue weighted by atomic mass is 16.1. The fourth-order valence-corrected chi connectivity index (χ4v) is 1.93. The van der Waals surface area contributed by atoms with E-state index in [1.165, 1.54) is 0 Å². The lowest BCUT2D eigenvalue weighted by atomic mass is 10.3. The first-order valence-electron chi connectivity index (χ1n) is 5.38.